The van der Waals surface area contributed by atoms with Gasteiger partial charge in [-0.1, -0.05) is 33.6 Å². The Kier molecular flexibility index (Phi) is 8.03. The van der Waals surface area contributed by atoms with Gasteiger partial charge in [0, 0.05) is 0 Å². The molecular weight excluding hydrogens is 134 g/mol. The Hall–Kier alpha value is -0.0400. The number of hydrogen-bond donors (Lipinski definition) is 1. The molecule has 0 heterocycles. The van der Waals surface area contributed by atoms with Crippen molar-refractivity contribution < 1.29 is 0 Å². The second-order valence-electron chi connectivity index (χ2n) is 3.41. The van der Waals surface area contributed by atoms with Crippen molar-refractivity contribution in [1.29, 1.82) is 0 Å². The van der Waals surface area contributed by atoms with Crippen molar-refractivity contribution in [2.75, 3.05) is 13.1 Å². The zero-order valence-corrected chi connectivity index (χ0v) is 8.32. The standard InChI is InChI=1S/C10H23N/c1-4-6-8-11-9-7-10(3)5-2/h10-11H,4-9H2,1-3H3. The zero-order valence-electron chi connectivity index (χ0n) is 8.32. The van der Waals surface area contributed by atoms with Gasteiger partial charge < -0.3 is 5.32 Å². The molecule has 0 aromatic heterocycles. The van der Waals surface area contributed by atoms with E-state index in [0.717, 1.165) is 5.92 Å². The molecule has 0 aliphatic heterocycles. The SMILES string of the molecule is CCCCNCCC(C)CC. The van der Waals surface area contributed by atoms with Crippen LogP contribution in [0.1, 0.15) is 46.5 Å². The van der Waals surface area contributed by atoms with Crippen LogP contribution >= 0.6 is 0 Å². The van der Waals surface area contributed by atoms with Gasteiger partial charge in [0.25, 0.3) is 0 Å². The van der Waals surface area contributed by atoms with Gasteiger partial charge in [-0.3, -0.25) is 0 Å². The molecule has 0 radical (unpaired) electrons. The molecule has 0 aliphatic rings. The Morgan fingerprint density at radius 1 is 1.18 bits per heavy atom. The van der Waals surface area contributed by atoms with E-state index in [0.29, 0.717) is 0 Å². The summed E-state index contributed by atoms with van der Waals surface area (Å²) in [6.45, 7) is 9.22. The van der Waals surface area contributed by atoms with E-state index in [1.165, 1.54) is 38.8 Å². The molecule has 1 nitrogen and oxygen atoms in total. The summed E-state index contributed by atoms with van der Waals surface area (Å²) in [5.41, 5.74) is 0. The molecule has 0 fully saturated rings. The van der Waals surface area contributed by atoms with Gasteiger partial charge in [0.2, 0.25) is 0 Å². The molecule has 0 spiro atoms. The topological polar surface area (TPSA) is 12.0 Å². The van der Waals surface area contributed by atoms with E-state index in [1.807, 2.05) is 0 Å². The van der Waals surface area contributed by atoms with Crippen LogP contribution < -0.4 is 5.32 Å². The molecule has 0 saturated carbocycles. The van der Waals surface area contributed by atoms with Crippen LogP contribution in [0.4, 0.5) is 0 Å². The highest BCUT2D eigenvalue weighted by atomic mass is 14.8. The number of hydrogen-bond acceptors (Lipinski definition) is 1. The maximum absolute atomic E-state index is 3.45. The molecule has 1 unspecified atom stereocenters. The first-order valence-corrected chi connectivity index (χ1v) is 5.02. The third-order valence-corrected chi connectivity index (χ3v) is 2.22. The van der Waals surface area contributed by atoms with Crippen LogP contribution in [-0.4, -0.2) is 13.1 Å². The highest BCUT2D eigenvalue weighted by molar-refractivity contribution is 4.53. The lowest BCUT2D eigenvalue weighted by atomic mass is 10.1. The number of rotatable bonds is 7. The van der Waals surface area contributed by atoms with E-state index >= 15 is 0 Å². The van der Waals surface area contributed by atoms with Crippen molar-refractivity contribution in [3.8, 4) is 0 Å². The Morgan fingerprint density at radius 2 is 1.91 bits per heavy atom. The van der Waals surface area contributed by atoms with Crippen molar-refractivity contribution in [3.05, 3.63) is 0 Å². The number of nitrogens with one attached hydrogen (secondary N) is 1. The molecule has 0 amide bonds. The minimum atomic E-state index is 0.893. The van der Waals surface area contributed by atoms with Gasteiger partial charge in [-0.2, -0.15) is 0 Å². The highest BCUT2D eigenvalue weighted by Gasteiger charge is 1.96. The van der Waals surface area contributed by atoms with Gasteiger partial charge in [-0.15, -0.1) is 0 Å². The lowest BCUT2D eigenvalue weighted by molar-refractivity contribution is 0.485. The molecule has 0 rings (SSSR count). The van der Waals surface area contributed by atoms with Gasteiger partial charge in [-0.25, -0.2) is 0 Å². The molecule has 1 N–H and O–H groups in total. The van der Waals surface area contributed by atoms with Crippen LogP contribution in [0.5, 0.6) is 0 Å². The van der Waals surface area contributed by atoms with Crippen LogP contribution in [0.3, 0.4) is 0 Å². The quantitative estimate of drug-likeness (QED) is 0.560. The zero-order chi connectivity index (χ0) is 8.53. The maximum Gasteiger partial charge on any atom is -0.00464 e. The molecule has 11 heavy (non-hydrogen) atoms. The Morgan fingerprint density at radius 3 is 2.45 bits per heavy atom. The van der Waals surface area contributed by atoms with E-state index < -0.39 is 0 Å². The Labute approximate surface area is 71.6 Å². The van der Waals surface area contributed by atoms with E-state index in [-0.39, 0.29) is 0 Å². The summed E-state index contributed by atoms with van der Waals surface area (Å²) in [6.07, 6.45) is 5.27. The summed E-state index contributed by atoms with van der Waals surface area (Å²) in [5, 5.41) is 3.45. The first-order chi connectivity index (χ1) is 5.31. The lowest BCUT2D eigenvalue weighted by Gasteiger charge is -2.08. The summed E-state index contributed by atoms with van der Waals surface area (Å²) in [7, 11) is 0. The highest BCUT2D eigenvalue weighted by Crippen LogP contribution is 2.03. The van der Waals surface area contributed by atoms with Crippen molar-refractivity contribution in [1.82, 2.24) is 5.32 Å². The predicted molar refractivity (Wildman–Crippen MR) is 51.8 cm³/mol. The lowest BCUT2D eigenvalue weighted by Crippen LogP contribution is -2.18. The molecule has 0 bridgehead atoms. The molecule has 0 aromatic carbocycles. The summed E-state index contributed by atoms with van der Waals surface area (Å²) in [6, 6.07) is 0. The molecule has 0 aromatic rings. The predicted octanol–water partition coefficient (Wildman–Crippen LogP) is 2.81. The van der Waals surface area contributed by atoms with Crippen LogP contribution in [0.2, 0.25) is 0 Å². The van der Waals surface area contributed by atoms with Gasteiger partial charge in [0.15, 0.2) is 0 Å². The summed E-state index contributed by atoms with van der Waals surface area (Å²) < 4.78 is 0. The van der Waals surface area contributed by atoms with Crippen molar-refractivity contribution in [2.24, 2.45) is 5.92 Å². The van der Waals surface area contributed by atoms with Gasteiger partial charge >= 0.3 is 0 Å². The van der Waals surface area contributed by atoms with Gasteiger partial charge in [-0.05, 0) is 31.8 Å². The molecule has 1 heteroatoms. The second-order valence-corrected chi connectivity index (χ2v) is 3.41. The van der Waals surface area contributed by atoms with E-state index in [4.69, 9.17) is 0 Å². The van der Waals surface area contributed by atoms with E-state index in [9.17, 15) is 0 Å². The fourth-order valence-electron chi connectivity index (χ4n) is 0.979. The van der Waals surface area contributed by atoms with Crippen molar-refractivity contribution in [3.63, 3.8) is 0 Å². The average Bonchev–Trinajstić information content (AvgIpc) is 2.04. The van der Waals surface area contributed by atoms with Gasteiger partial charge in [0.1, 0.15) is 0 Å². The smallest absolute Gasteiger partial charge is 0.00464 e. The fraction of sp³-hybridized carbons (Fsp3) is 1.00. The normalized spacial score (nSPS) is 13.4. The average molecular weight is 157 g/mol. The van der Waals surface area contributed by atoms with Gasteiger partial charge in [0.05, 0.1) is 0 Å². The van der Waals surface area contributed by atoms with Crippen LogP contribution in [0.25, 0.3) is 0 Å². The van der Waals surface area contributed by atoms with Crippen LogP contribution in [-0.2, 0) is 0 Å². The minimum absolute atomic E-state index is 0.893. The Balaban J connectivity index is 2.89. The van der Waals surface area contributed by atoms with Crippen LogP contribution in [0.15, 0.2) is 0 Å². The molecule has 0 saturated heterocycles. The second kappa shape index (κ2) is 8.06. The molecular formula is C10H23N. The number of unbranched alkanes of at least 4 members (excludes halogenated alkanes) is 1. The first-order valence-electron chi connectivity index (χ1n) is 5.02. The van der Waals surface area contributed by atoms with E-state index in [1.54, 1.807) is 0 Å². The maximum atomic E-state index is 3.45. The molecule has 68 valence electrons. The summed E-state index contributed by atoms with van der Waals surface area (Å²) >= 11 is 0. The van der Waals surface area contributed by atoms with E-state index in [2.05, 4.69) is 26.1 Å². The summed E-state index contributed by atoms with van der Waals surface area (Å²) in [5.74, 6) is 0.893. The Bertz CT molecular complexity index is 71.3. The fourth-order valence-corrected chi connectivity index (χ4v) is 0.979. The monoisotopic (exact) mass is 157 g/mol. The summed E-state index contributed by atoms with van der Waals surface area (Å²) in [4.78, 5) is 0. The third-order valence-electron chi connectivity index (χ3n) is 2.22. The van der Waals surface area contributed by atoms with Crippen molar-refractivity contribution in [2.45, 2.75) is 46.5 Å². The largest absolute Gasteiger partial charge is 0.317 e. The molecule has 0 aliphatic carbocycles. The first kappa shape index (κ1) is 11.0. The van der Waals surface area contributed by atoms with Crippen LogP contribution in [0, 0.1) is 5.92 Å². The minimum Gasteiger partial charge on any atom is -0.317 e. The third kappa shape index (κ3) is 7.86. The molecule has 1 atom stereocenters. The van der Waals surface area contributed by atoms with Crippen molar-refractivity contribution >= 4 is 0 Å².